The standard InChI is InChI=1S/C19H21FN2O4/c1-13(22-19(25)21-11-5-8-18(23)24)14-9-10-17(16(20)12-14)26-15-6-3-2-4-7-15/h2-4,6-7,9-10,12-13H,5,8,11H2,1H3,(H,23,24)(H2,21,22,25). The fraction of sp³-hybridized carbons (Fsp3) is 0.263. The molecule has 1 atom stereocenters. The van der Waals surface area contributed by atoms with Crippen molar-refractivity contribution in [3.63, 3.8) is 0 Å². The van der Waals surface area contributed by atoms with Crippen LogP contribution in [0.3, 0.4) is 0 Å². The summed E-state index contributed by atoms with van der Waals surface area (Å²) >= 11 is 0. The van der Waals surface area contributed by atoms with Crippen LogP contribution in [0, 0.1) is 5.82 Å². The molecule has 1 unspecified atom stereocenters. The second-order valence-electron chi connectivity index (χ2n) is 5.72. The van der Waals surface area contributed by atoms with Crippen molar-refractivity contribution in [3.8, 4) is 11.5 Å². The summed E-state index contributed by atoms with van der Waals surface area (Å²) in [6.07, 6.45) is 0.335. The van der Waals surface area contributed by atoms with Gasteiger partial charge in [-0.05, 0) is 43.2 Å². The quantitative estimate of drug-likeness (QED) is 0.624. The van der Waals surface area contributed by atoms with Crippen LogP contribution in [0.25, 0.3) is 0 Å². The van der Waals surface area contributed by atoms with Crippen LogP contribution in [0.5, 0.6) is 11.5 Å². The molecule has 2 aromatic rings. The van der Waals surface area contributed by atoms with Crippen LogP contribution in [0.15, 0.2) is 48.5 Å². The number of urea groups is 1. The van der Waals surface area contributed by atoms with Crippen molar-refractivity contribution >= 4 is 12.0 Å². The van der Waals surface area contributed by atoms with Gasteiger partial charge in [-0.1, -0.05) is 24.3 Å². The van der Waals surface area contributed by atoms with E-state index in [2.05, 4.69) is 10.6 Å². The molecule has 2 amide bonds. The number of aliphatic carboxylic acids is 1. The average Bonchev–Trinajstić information content (AvgIpc) is 2.61. The first kappa shape index (κ1) is 19.2. The van der Waals surface area contributed by atoms with Crippen molar-refractivity contribution in [1.29, 1.82) is 0 Å². The number of para-hydroxylation sites is 1. The van der Waals surface area contributed by atoms with Gasteiger partial charge >= 0.3 is 12.0 Å². The number of amides is 2. The molecule has 6 nitrogen and oxygen atoms in total. The summed E-state index contributed by atoms with van der Waals surface area (Å²) in [6.45, 7) is 1.98. The predicted octanol–water partition coefficient (Wildman–Crippen LogP) is 3.84. The molecule has 0 aliphatic carbocycles. The van der Waals surface area contributed by atoms with Crippen LogP contribution in [-0.2, 0) is 4.79 Å². The van der Waals surface area contributed by atoms with E-state index in [9.17, 15) is 14.0 Å². The summed E-state index contributed by atoms with van der Waals surface area (Å²) in [5.41, 5.74) is 0.587. The van der Waals surface area contributed by atoms with E-state index < -0.39 is 23.9 Å². The maximum absolute atomic E-state index is 14.2. The summed E-state index contributed by atoms with van der Waals surface area (Å²) in [7, 11) is 0. The van der Waals surface area contributed by atoms with Crippen molar-refractivity contribution in [2.45, 2.75) is 25.8 Å². The first-order valence-electron chi connectivity index (χ1n) is 8.24. The lowest BCUT2D eigenvalue weighted by molar-refractivity contribution is -0.137. The van der Waals surface area contributed by atoms with Crippen molar-refractivity contribution in [3.05, 3.63) is 59.9 Å². The number of hydrogen-bond acceptors (Lipinski definition) is 3. The van der Waals surface area contributed by atoms with E-state index in [0.717, 1.165) is 0 Å². The Morgan fingerprint density at radius 2 is 1.92 bits per heavy atom. The molecule has 7 heteroatoms. The molecule has 0 saturated heterocycles. The van der Waals surface area contributed by atoms with Crippen LogP contribution >= 0.6 is 0 Å². The second-order valence-corrected chi connectivity index (χ2v) is 5.72. The topological polar surface area (TPSA) is 87.7 Å². The first-order chi connectivity index (χ1) is 12.5. The molecule has 3 N–H and O–H groups in total. The zero-order valence-electron chi connectivity index (χ0n) is 14.4. The molecule has 0 aliphatic heterocycles. The zero-order valence-corrected chi connectivity index (χ0v) is 14.4. The van der Waals surface area contributed by atoms with Crippen LogP contribution in [-0.4, -0.2) is 23.7 Å². The minimum absolute atomic E-state index is 0.01000. The Labute approximate surface area is 151 Å². The van der Waals surface area contributed by atoms with Crippen molar-refractivity contribution in [1.82, 2.24) is 10.6 Å². The second kappa shape index (κ2) is 9.41. The lowest BCUT2D eigenvalue weighted by Crippen LogP contribution is -2.37. The van der Waals surface area contributed by atoms with Crippen LogP contribution in [0.1, 0.15) is 31.4 Å². The van der Waals surface area contributed by atoms with E-state index in [1.165, 1.54) is 12.1 Å². The molecule has 0 heterocycles. The van der Waals surface area contributed by atoms with Crippen LogP contribution in [0.4, 0.5) is 9.18 Å². The molecule has 2 aromatic carbocycles. The van der Waals surface area contributed by atoms with E-state index in [1.807, 2.05) is 6.07 Å². The number of ether oxygens (including phenoxy) is 1. The van der Waals surface area contributed by atoms with Gasteiger partial charge in [-0.15, -0.1) is 0 Å². The number of benzene rings is 2. The fourth-order valence-electron chi connectivity index (χ4n) is 2.26. The zero-order chi connectivity index (χ0) is 18.9. The maximum atomic E-state index is 14.2. The predicted molar refractivity (Wildman–Crippen MR) is 94.7 cm³/mol. The number of carbonyl (C=O) groups is 2. The molecule has 0 bridgehead atoms. The molecular formula is C19H21FN2O4. The van der Waals surface area contributed by atoms with Gasteiger partial charge in [-0.3, -0.25) is 4.79 Å². The van der Waals surface area contributed by atoms with E-state index >= 15 is 0 Å². The number of carboxylic acids is 1. The Balaban J connectivity index is 1.89. The van der Waals surface area contributed by atoms with Gasteiger partial charge in [-0.2, -0.15) is 0 Å². The van der Waals surface area contributed by atoms with Gasteiger partial charge in [0.15, 0.2) is 11.6 Å². The minimum atomic E-state index is -0.908. The third kappa shape index (κ3) is 6.08. The molecule has 0 radical (unpaired) electrons. The Hall–Kier alpha value is -3.09. The smallest absolute Gasteiger partial charge is 0.315 e. The Morgan fingerprint density at radius 1 is 1.19 bits per heavy atom. The van der Waals surface area contributed by atoms with Gasteiger partial charge in [0.2, 0.25) is 0 Å². The molecule has 0 aliphatic rings. The van der Waals surface area contributed by atoms with Gasteiger partial charge in [0.25, 0.3) is 0 Å². The summed E-state index contributed by atoms with van der Waals surface area (Å²) in [5.74, 6) is -0.799. The van der Waals surface area contributed by atoms with Gasteiger partial charge < -0.3 is 20.5 Å². The Morgan fingerprint density at radius 3 is 2.58 bits per heavy atom. The van der Waals surface area contributed by atoms with Gasteiger partial charge in [0, 0.05) is 13.0 Å². The van der Waals surface area contributed by atoms with Gasteiger partial charge in [0.1, 0.15) is 5.75 Å². The van der Waals surface area contributed by atoms with E-state index in [0.29, 0.717) is 17.7 Å². The average molecular weight is 360 g/mol. The number of halogens is 1. The van der Waals surface area contributed by atoms with Gasteiger partial charge in [-0.25, -0.2) is 9.18 Å². The summed E-state index contributed by atoms with van der Waals surface area (Å²) in [4.78, 5) is 22.2. The minimum Gasteiger partial charge on any atom is -0.481 e. The number of nitrogens with one attached hydrogen (secondary N) is 2. The lowest BCUT2D eigenvalue weighted by atomic mass is 10.1. The van der Waals surface area contributed by atoms with E-state index in [4.69, 9.17) is 9.84 Å². The number of rotatable bonds is 8. The molecule has 0 aromatic heterocycles. The largest absolute Gasteiger partial charge is 0.481 e. The fourth-order valence-corrected chi connectivity index (χ4v) is 2.26. The Kier molecular flexibility index (Phi) is 6.96. The van der Waals surface area contributed by atoms with E-state index in [1.54, 1.807) is 37.3 Å². The van der Waals surface area contributed by atoms with Crippen LogP contribution < -0.4 is 15.4 Å². The highest BCUT2D eigenvalue weighted by atomic mass is 19.1. The number of hydrogen-bond donors (Lipinski definition) is 3. The monoisotopic (exact) mass is 360 g/mol. The molecule has 26 heavy (non-hydrogen) atoms. The third-order valence-corrected chi connectivity index (χ3v) is 3.63. The van der Waals surface area contributed by atoms with E-state index in [-0.39, 0.29) is 18.7 Å². The van der Waals surface area contributed by atoms with Crippen molar-refractivity contribution in [2.75, 3.05) is 6.54 Å². The number of carbonyl (C=O) groups excluding carboxylic acids is 1. The normalized spacial score (nSPS) is 11.5. The van der Waals surface area contributed by atoms with Gasteiger partial charge in [0.05, 0.1) is 6.04 Å². The highest BCUT2D eigenvalue weighted by Crippen LogP contribution is 2.26. The lowest BCUT2D eigenvalue weighted by Gasteiger charge is -2.16. The Bertz CT molecular complexity index is 752. The maximum Gasteiger partial charge on any atom is 0.315 e. The summed E-state index contributed by atoms with van der Waals surface area (Å²) in [6, 6.07) is 12.5. The van der Waals surface area contributed by atoms with Crippen molar-refractivity contribution in [2.24, 2.45) is 0 Å². The van der Waals surface area contributed by atoms with Crippen molar-refractivity contribution < 1.29 is 23.8 Å². The molecule has 0 saturated carbocycles. The molecule has 2 rings (SSSR count). The SMILES string of the molecule is CC(NC(=O)NCCCC(=O)O)c1ccc(Oc2ccccc2)c(F)c1. The third-order valence-electron chi connectivity index (χ3n) is 3.63. The summed E-state index contributed by atoms with van der Waals surface area (Å²) in [5, 5.41) is 13.8. The molecule has 0 spiro atoms. The first-order valence-corrected chi connectivity index (χ1v) is 8.24. The summed E-state index contributed by atoms with van der Waals surface area (Å²) < 4.78 is 19.7. The van der Waals surface area contributed by atoms with Crippen LogP contribution in [0.2, 0.25) is 0 Å². The highest BCUT2D eigenvalue weighted by Gasteiger charge is 2.13. The number of carboxylic acid groups (broad SMARTS) is 1. The molecule has 138 valence electrons. The highest BCUT2D eigenvalue weighted by molar-refractivity contribution is 5.74. The molecule has 0 fully saturated rings. The molecular weight excluding hydrogens is 339 g/mol.